The van der Waals surface area contributed by atoms with Crippen LogP contribution in [0.2, 0.25) is 5.02 Å². The zero-order valence-corrected chi connectivity index (χ0v) is 17.7. The lowest BCUT2D eigenvalue weighted by molar-refractivity contribution is -0.117. The molecule has 0 aliphatic rings. The first-order chi connectivity index (χ1) is 14.0. The number of benzene rings is 1. The predicted molar refractivity (Wildman–Crippen MR) is 114 cm³/mol. The molecule has 29 heavy (non-hydrogen) atoms. The monoisotopic (exact) mass is 432 g/mol. The van der Waals surface area contributed by atoms with Crippen LogP contribution in [0.25, 0.3) is 6.08 Å². The number of nitriles is 1. The Morgan fingerprint density at radius 1 is 1.45 bits per heavy atom. The number of ether oxygens (including phenoxy) is 1. The van der Waals surface area contributed by atoms with Gasteiger partial charge in [-0.2, -0.15) is 5.26 Å². The third kappa shape index (κ3) is 6.68. The summed E-state index contributed by atoms with van der Waals surface area (Å²) in [5.41, 5.74) is 0.942. The number of rotatable bonds is 9. The summed E-state index contributed by atoms with van der Waals surface area (Å²) in [4.78, 5) is 30.1. The zero-order valence-electron chi connectivity index (χ0n) is 16.1. The smallest absolute Gasteiger partial charge is 0.262 e. The second-order valence-corrected chi connectivity index (χ2v) is 7.14. The highest BCUT2D eigenvalue weighted by Gasteiger charge is 2.18. The maximum absolute atomic E-state index is 12.2. The van der Waals surface area contributed by atoms with Crippen LogP contribution in [0.1, 0.15) is 26.0 Å². The fourth-order valence-electron chi connectivity index (χ4n) is 2.40. The Morgan fingerprint density at radius 2 is 2.24 bits per heavy atom. The van der Waals surface area contributed by atoms with Gasteiger partial charge in [0.05, 0.1) is 11.4 Å². The van der Waals surface area contributed by atoms with Crippen molar-refractivity contribution in [2.24, 2.45) is 0 Å². The van der Waals surface area contributed by atoms with Gasteiger partial charge in [0.25, 0.3) is 5.91 Å². The summed E-state index contributed by atoms with van der Waals surface area (Å²) in [6.07, 6.45) is 2.06. The molecule has 0 fully saturated rings. The Bertz CT molecular complexity index is 936. The number of hydrogen-bond donors (Lipinski definition) is 1. The highest BCUT2D eigenvalue weighted by atomic mass is 35.5. The summed E-state index contributed by atoms with van der Waals surface area (Å²) < 4.78 is 5.21. The highest BCUT2D eigenvalue weighted by molar-refractivity contribution is 7.14. The van der Waals surface area contributed by atoms with Gasteiger partial charge in [0, 0.05) is 37.1 Å². The van der Waals surface area contributed by atoms with E-state index in [4.69, 9.17) is 16.3 Å². The minimum absolute atomic E-state index is 0.0598. The van der Waals surface area contributed by atoms with Crippen LogP contribution in [0.3, 0.4) is 0 Å². The summed E-state index contributed by atoms with van der Waals surface area (Å²) >= 11 is 7.25. The number of carbonyl (C=O) groups is 2. The molecular formula is C20H21ClN4O3S. The molecular weight excluding hydrogens is 412 g/mol. The number of nitrogens with zero attached hydrogens (tertiary/aromatic N) is 3. The summed E-state index contributed by atoms with van der Waals surface area (Å²) in [6, 6.07) is 8.76. The Morgan fingerprint density at radius 3 is 2.90 bits per heavy atom. The lowest BCUT2D eigenvalue weighted by Crippen LogP contribution is -2.26. The molecule has 1 aromatic carbocycles. The van der Waals surface area contributed by atoms with Crippen molar-refractivity contribution in [3.05, 3.63) is 45.9 Å². The molecule has 0 bridgehead atoms. The van der Waals surface area contributed by atoms with Crippen molar-refractivity contribution in [1.82, 2.24) is 10.3 Å². The number of halogens is 1. The van der Waals surface area contributed by atoms with E-state index in [1.165, 1.54) is 29.2 Å². The number of carbonyl (C=O) groups excluding carboxylic acids is 2. The highest BCUT2D eigenvalue weighted by Crippen LogP contribution is 2.30. The van der Waals surface area contributed by atoms with Gasteiger partial charge in [-0.1, -0.05) is 17.7 Å². The van der Waals surface area contributed by atoms with E-state index in [-0.39, 0.29) is 11.5 Å². The van der Waals surface area contributed by atoms with Gasteiger partial charge in [0.1, 0.15) is 11.6 Å². The van der Waals surface area contributed by atoms with Gasteiger partial charge >= 0.3 is 0 Å². The Hall–Kier alpha value is -2.73. The molecule has 0 radical (unpaired) electrons. The maximum Gasteiger partial charge on any atom is 0.262 e. The van der Waals surface area contributed by atoms with Gasteiger partial charge in [0.15, 0.2) is 5.13 Å². The summed E-state index contributed by atoms with van der Waals surface area (Å²) in [7, 11) is 0. The average Bonchev–Trinajstić information content (AvgIpc) is 3.13. The normalized spacial score (nSPS) is 11.0. The van der Waals surface area contributed by atoms with Crippen LogP contribution in [-0.2, 0) is 14.3 Å². The number of nitrogens with one attached hydrogen (secondary N) is 1. The van der Waals surface area contributed by atoms with Crippen molar-refractivity contribution < 1.29 is 14.3 Å². The molecule has 2 amide bonds. The topological polar surface area (TPSA) is 95.3 Å². The second kappa shape index (κ2) is 11.3. The van der Waals surface area contributed by atoms with Crippen molar-refractivity contribution in [3.8, 4) is 6.07 Å². The molecule has 0 atom stereocenters. The van der Waals surface area contributed by atoms with Crippen molar-refractivity contribution >= 4 is 51.6 Å². The lowest BCUT2D eigenvalue weighted by atomic mass is 10.2. The van der Waals surface area contributed by atoms with Gasteiger partial charge in [-0.05, 0) is 37.6 Å². The Kier molecular flexibility index (Phi) is 8.80. The minimum Gasteiger partial charge on any atom is -0.382 e. The number of thiazole rings is 1. The lowest BCUT2D eigenvalue weighted by Gasteiger charge is -2.18. The van der Waals surface area contributed by atoms with E-state index in [1.807, 2.05) is 13.0 Å². The van der Waals surface area contributed by atoms with Crippen LogP contribution in [0, 0.1) is 11.3 Å². The first-order valence-electron chi connectivity index (χ1n) is 8.95. The number of hydrogen-bond acceptors (Lipinski definition) is 6. The molecule has 0 unspecified atom stereocenters. The van der Waals surface area contributed by atoms with Gasteiger partial charge in [-0.15, -0.1) is 11.3 Å². The van der Waals surface area contributed by atoms with Gasteiger partial charge < -0.3 is 10.1 Å². The molecule has 1 N–H and O–H groups in total. The first-order valence-corrected chi connectivity index (χ1v) is 10.2. The Labute approximate surface area is 178 Å². The molecule has 0 saturated carbocycles. The van der Waals surface area contributed by atoms with Crippen LogP contribution in [-0.4, -0.2) is 36.6 Å². The zero-order chi connectivity index (χ0) is 21.2. The van der Waals surface area contributed by atoms with Crippen LogP contribution in [0.15, 0.2) is 35.2 Å². The van der Waals surface area contributed by atoms with E-state index >= 15 is 0 Å². The van der Waals surface area contributed by atoms with E-state index in [0.717, 1.165) is 0 Å². The van der Waals surface area contributed by atoms with E-state index in [1.54, 1.807) is 29.6 Å². The van der Waals surface area contributed by atoms with Crippen LogP contribution in [0.5, 0.6) is 0 Å². The number of aromatic nitrogens is 1. The van der Waals surface area contributed by atoms with Crippen molar-refractivity contribution in [3.63, 3.8) is 0 Å². The average molecular weight is 433 g/mol. The Balaban J connectivity index is 2.15. The van der Waals surface area contributed by atoms with Crippen LogP contribution in [0.4, 0.5) is 10.8 Å². The van der Waals surface area contributed by atoms with E-state index < -0.39 is 5.91 Å². The molecule has 0 aliphatic carbocycles. The quantitative estimate of drug-likeness (QED) is 0.368. The fourth-order valence-corrected chi connectivity index (χ4v) is 3.43. The largest absolute Gasteiger partial charge is 0.382 e. The first kappa shape index (κ1) is 22.6. The molecule has 1 aromatic heterocycles. The minimum atomic E-state index is -0.475. The molecule has 7 nitrogen and oxygen atoms in total. The van der Waals surface area contributed by atoms with E-state index in [2.05, 4.69) is 10.3 Å². The molecule has 152 valence electrons. The molecule has 2 rings (SSSR count). The molecule has 0 saturated heterocycles. The van der Waals surface area contributed by atoms with E-state index in [0.29, 0.717) is 47.7 Å². The van der Waals surface area contributed by atoms with Gasteiger partial charge in [-0.3, -0.25) is 14.5 Å². The summed E-state index contributed by atoms with van der Waals surface area (Å²) in [5.74, 6) is -0.707. The van der Waals surface area contributed by atoms with Crippen molar-refractivity contribution in [2.75, 3.05) is 24.7 Å². The molecule has 9 heteroatoms. The third-order valence-corrected chi connectivity index (χ3v) is 4.77. The molecule has 0 aliphatic heterocycles. The van der Waals surface area contributed by atoms with Crippen LogP contribution < -0.4 is 10.2 Å². The standard InChI is InChI=1S/C20H21ClN4O3S/c1-3-28-9-5-8-23-19(27)15(12-22)10-17-13-29-20(24-17)25(14(2)26)18-7-4-6-16(21)11-18/h4,6-7,10-11,13H,3,5,8-9H2,1-2H3,(H,23,27)/b15-10+. The summed E-state index contributed by atoms with van der Waals surface area (Å²) in [5, 5.41) is 14.6. The second-order valence-electron chi connectivity index (χ2n) is 5.87. The van der Waals surface area contributed by atoms with Crippen LogP contribution >= 0.6 is 22.9 Å². The molecule has 0 spiro atoms. The van der Waals surface area contributed by atoms with Gasteiger partial charge in [0.2, 0.25) is 5.91 Å². The third-order valence-electron chi connectivity index (χ3n) is 3.69. The predicted octanol–water partition coefficient (Wildman–Crippen LogP) is 3.93. The van der Waals surface area contributed by atoms with Crippen molar-refractivity contribution in [2.45, 2.75) is 20.3 Å². The molecule has 1 heterocycles. The van der Waals surface area contributed by atoms with E-state index in [9.17, 15) is 14.9 Å². The van der Waals surface area contributed by atoms with Crippen molar-refractivity contribution in [1.29, 1.82) is 5.26 Å². The SMILES string of the molecule is CCOCCCNC(=O)/C(C#N)=C/c1csc(N(C(C)=O)c2cccc(Cl)c2)n1. The maximum atomic E-state index is 12.2. The number of anilines is 2. The molecule has 2 aromatic rings. The summed E-state index contributed by atoms with van der Waals surface area (Å²) in [6.45, 7) is 4.90. The van der Waals surface area contributed by atoms with Gasteiger partial charge in [-0.25, -0.2) is 4.98 Å². The number of amides is 2. The fraction of sp³-hybridized carbons (Fsp3) is 0.300.